The Morgan fingerprint density at radius 1 is 0.962 bits per heavy atom. The summed E-state index contributed by atoms with van der Waals surface area (Å²) in [6.45, 7) is 11.2. The van der Waals surface area contributed by atoms with Gasteiger partial charge in [-0.05, 0) is 104 Å². The summed E-state index contributed by atoms with van der Waals surface area (Å²) >= 11 is 12.1. The minimum Gasteiger partial charge on any atom is -1.00 e. The van der Waals surface area contributed by atoms with Gasteiger partial charge in [-0.3, -0.25) is 0 Å². The van der Waals surface area contributed by atoms with Crippen molar-refractivity contribution in [2.45, 2.75) is 77.0 Å². The van der Waals surface area contributed by atoms with Gasteiger partial charge >= 0.3 is 29.6 Å². The van der Waals surface area contributed by atoms with Crippen molar-refractivity contribution in [1.82, 2.24) is 0 Å². The van der Waals surface area contributed by atoms with Crippen molar-refractivity contribution in [3.63, 3.8) is 0 Å². The molecule has 1 aliphatic carbocycles. The van der Waals surface area contributed by atoms with E-state index in [1.807, 2.05) is 6.07 Å². The third kappa shape index (κ3) is 9.28. The summed E-state index contributed by atoms with van der Waals surface area (Å²) in [7, 11) is -4.23. The van der Waals surface area contributed by atoms with Gasteiger partial charge in [-0.25, -0.2) is 13.4 Å². The van der Waals surface area contributed by atoms with Crippen LogP contribution in [0.1, 0.15) is 77.3 Å². The van der Waals surface area contributed by atoms with E-state index < -0.39 is 10.1 Å². The molecule has 0 saturated heterocycles. The minimum absolute atomic E-state index is 0. The molecule has 3 aromatic carbocycles. The van der Waals surface area contributed by atoms with Gasteiger partial charge in [-0.15, -0.1) is 0 Å². The average Bonchev–Trinajstić information content (AvgIpc) is 3.45. The molecule has 0 bridgehead atoms. The summed E-state index contributed by atoms with van der Waals surface area (Å²) in [5.74, 6) is -0.342. The van der Waals surface area contributed by atoms with Crippen LogP contribution < -0.4 is 51.4 Å². The maximum absolute atomic E-state index is 11.2. The van der Waals surface area contributed by atoms with Gasteiger partial charge in [-0.1, -0.05) is 80.1 Å². The first-order valence-electron chi connectivity index (χ1n) is 17.8. The van der Waals surface area contributed by atoms with Crippen molar-refractivity contribution in [3.05, 3.63) is 118 Å². The first-order valence-corrected chi connectivity index (χ1v) is 20.2. The maximum atomic E-state index is 11.2. The van der Waals surface area contributed by atoms with Crippen molar-refractivity contribution in [1.29, 1.82) is 0 Å². The van der Waals surface area contributed by atoms with E-state index in [-0.39, 0.29) is 63.1 Å². The van der Waals surface area contributed by atoms with Crippen molar-refractivity contribution < 1.29 is 64.1 Å². The number of unbranched alkanes of at least 4 members (excludes halogenated alkanes) is 1. The van der Waals surface area contributed by atoms with E-state index in [0.29, 0.717) is 25.9 Å². The fourth-order valence-electron chi connectivity index (χ4n) is 8.13. The van der Waals surface area contributed by atoms with Gasteiger partial charge in [0.25, 0.3) is 0 Å². The second-order valence-electron chi connectivity index (χ2n) is 14.7. The molecule has 6 rings (SSSR count). The van der Waals surface area contributed by atoms with E-state index in [4.69, 9.17) is 23.8 Å². The summed E-state index contributed by atoms with van der Waals surface area (Å²) in [6.07, 6.45) is 13.5. The first-order chi connectivity index (χ1) is 24.3. The minimum atomic E-state index is -4.23. The number of para-hydroxylation sites is 1. The van der Waals surface area contributed by atoms with Gasteiger partial charge in [0.1, 0.15) is 0 Å². The van der Waals surface area contributed by atoms with E-state index in [9.17, 15) is 13.0 Å². The molecule has 0 amide bonds. The van der Waals surface area contributed by atoms with E-state index in [1.165, 1.54) is 33.3 Å². The van der Waals surface area contributed by atoms with Gasteiger partial charge in [0.15, 0.2) is 12.3 Å². The fourth-order valence-corrected chi connectivity index (χ4v) is 9.09. The molecule has 3 aliphatic rings. The Kier molecular flexibility index (Phi) is 14.9. The van der Waals surface area contributed by atoms with Crippen molar-refractivity contribution in [2.24, 2.45) is 4.99 Å². The third-order valence-electron chi connectivity index (χ3n) is 10.6. The molecular weight excluding hydrogens is 797 g/mol. The van der Waals surface area contributed by atoms with Crippen LogP contribution in [0.5, 0.6) is 0 Å². The fraction of sp³-hybridized carbons (Fsp3) is 0.381. The maximum Gasteiger partial charge on any atom is 1.00 e. The average molecular weight is 843 g/mol. The van der Waals surface area contributed by atoms with Crippen LogP contribution in [0.15, 0.2) is 112 Å². The van der Waals surface area contributed by atoms with Crippen molar-refractivity contribution >= 4 is 67.0 Å². The standard InChI is InChI=1S/C42H46ClN3O3S2.BrH.Na/c1-41(2)34-17-7-8-18-35(34)45(26-9-10-28-51(47,48)49)37(41)23-20-31-14-11-15-32(40(31)43)21-24-38-42(3,4)39-33-16-6-5-13-30(33)19-22-36(39)46(38)27-12-25-44-29-50;;/h5-8,13,16-24H,9-12,14-15,25-28H2,1-4H3;1H;/q;;+1/p-1. The van der Waals surface area contributed by atoms with Gasteiger partial charge in [0, 0.05) is 58.3 Å². The van der Waals surface area contributed by atoms with E-state index in [0.717, 1.165) is 59.8 Å². The normalized spacial score (nSPS) is 19.0. The number of fused-ring (bicyclic) bond motifs is 4. The molecule has 0 atom stereocenters. The van der Waals surface area contributed by atoms with Gasteiger partial charge in [0.05, 0.1) is 27.2 Å². The number of benzene rings is 3. The molecule has 0 aromatic heterocycles. The zero-order valence-corrected chi connectivity index (χ0v) is 37.3. The molecule has 11 heteroatoms. The van der Waals surface area contributed by atoms with Crippen molar-refractivity contribution in [3.8, 4) is 0 Å². The quantitative estimate of drug-likeness (QED) is 0.0692. The molecule has 0 spiro atoms. The zero-order valence-electron chi connectivity index (χ0n) is 31.3. The number of halogens is 2. The number of hydrogen-bond acceptors (Lipinski definition) is 6. The number of rotatable bonds is 12. The molecule has 0 unspecified atom stereocenters. The topological polar surface area (TPSA) is 75.8 Å². The Labute approximate surface area is 358 Å². The van der Waals surface area contributed by atoms with Crippen LogP contribution >= 0.6 is 23.8 Å². The van der Waals surface area contributed by atoms with E-state index >= 15 is 0 Å². The second-order valence-corrected chi connectivity index (χ2v) is 16.8. The molecule has 53 heavy (non-hydrogen) atoms. The van der Waals surface area contributed by atoms with Crippen LogP contribution in [0.4, 0.5) is 11.4 Å². The first kappa shape index (κ1) is 43.6. The van der Waals surface area contributed by atoms with E-state index in [1.54, 1.807) is 0 Å². The van der Waals surface area contributed by atoms with Crippen LogP contribution in [0.2, 0.25) is 0 Å². The molecule has 0 N–H and O–H groups in total. The van der Waals surface area contributed by atoms with Crippen molar-refractivity contribution in [2.75, 3.05) is 30.3 Å². The smallest absolute Gasteiger partial charge is 1.00 e. The van der Waals surface area contributed by atoms with E-state index in [2.05, 4.69) is 126 Å². The van der Waals surface area contributed by atoms with Gasteiger partial charge in [0.2, 0.25) is 5.69 Å². The number of nitrogens with zero attached hydrogens (tertiary/aromatic N) is 3. The van der Waals surface area contributed by atoms with Crippen LogP contribution in [0.3, 0.4) is 0 Å². The molecular formula is C42H46BrClN3NaO3S2. The number of allylic oxidation sites excluding steroid dienone is 8. The summed E-state index contributed by atoms with van der Waals surface area (Å²) < 4.78 is 36.2. The molecule has 0 saturated carbocycles. The largest absolute Gasteiger partial charge is 1.00 e. The summed E-state index contributed by atoms with van der Waals surface area (Å²) in [5.41, 5.74) is 9.05. The van der Waals surface area contributed by atoms with Gasteiger partial charge in [-0.2, -0.15) is 4.58 Å². The predicted octanol–water partition coefficient (Wildman–Crippen LogP) is 3.88. The number of isothiocyanates is 1. The molecule has 6 nitrogen and oxygen atoms in total. The summed E-state index contributed by atoms with van der Waals surface area (Å²) in [5, 5.41) is 5.82. The predicted molar refractivity (Wildman–Crippen MR) is 214 cm³/mol. The Hall–Kier alpha value is -2.17. The zero-order chi connectivity index (χ0) is 36.4. The Morgan fingerprint density at radius 3 is 2.45 bits per heavy atom. The molecule has 0 fully saturated rings. The van der Waals surface area contributed by atoms with Crippen LogP contribution in [-0.4, -0.2) is 53.8 Å². The van der Waals surface area contributed by atoms with Crippen LogP contribution in [0.25, 0.3) is 10.8 Å². The number of aliphatic imine (C=N–C) groups is 1. The molecule has 2 heterocycles. The molecule has 274 valence electrons. The monoisotopic (exact) mass is 841 g/mol. The molecule has 3 aromatic rings. The molecule has 0 radical (unpaired) electrons. The second kappa shape index (κ2) is 18.2. The number of anilines is 1. The Balaban J connectivity index is 0.00000314. The number of hydrogen-bond donors (Lipinski definition) is 0. The molecule has 2 aliphatic heterocycles. The van der Waals surface area contributed by atoms with Gasteiger partial charge < -0.3 is 26.4 Å². The summed E-state index contributed by atoms with van der Waals surface area (Å²) in [4.78, 5) is 6.45. The van der Waals surface area contributed by atoms with Crippen LogP contribution in [-0.2, 0) is 20.9 Å². The summed E-state index contributed by atoms with van der Waals surface area (Å²) in [6, 6.07) is 21.5. The SMILES string of the molecule is CC1(C)C(/C=C/C2=C(Cl)C(=C/C=C3/N(CCCCS(=O)(=O)[O-])c4ccccc4C3(C)C)/CCC2)=[N+](CCCN=C=S)c2ccc3ccccc3c21.[Br-].[Na+]. The Morgan fingerprint density at radius 2 is 1.70 bits per heavy atom. The van der Waals surface area contributed by atoms with Crippen LogP contribution in [0, 0.1) is 0 Å². The third-order valence-corrected chi connectivity index (χ3v) is 12.0. The number of thiocarbonyl (C=S) groups is 1. The Bertz CT molecular complexity index is 2180.